The highest BCUT2D eigenvalue weighted by atomic mass is 32.1. The van der Waals surface area contributed by atoms with Gasteiger partial charge < -0.3 is 14.6 Å². The van der Waals surface area contributed by atoms with E-state index in [0.29, 0.717) is 29.9 Å². The molecular weight excluding hydrogens is 408 g/mol. The van der Waals surface area contributed by atoms with Crippen molar-refractivity contribution in [1.82, 2.24) is 15.1 Å². The molecule has 0 saturated heterocycles. The number of benzene rings is 1. The van der Waals surface area contributed by atoms with Crippen LogP contribution in [0.1, 0.15) is 19.2 Å². The summed E-state index contributed by atoms with van der Waals surface area (Å²) in [6.07, 6.45) is 0.614. The van der Waals surface area contributed by atoms with Gasteiger partial charge in [0.1, 0.15) is 5.75 Å². The third kappa shape index (κ3) is 4.87. The number of carbonyl (C=O) groups excluding carboxylic acids is 1. The minimum atomic E-state index is -0.145. The van der Waals surface area contributed by atoms with Gasteiger partial charge in [0.05, 0.1) is 12.3 Å². The molecule has 1 N–H and O–H groups in total. The van der Waals surface area contributed by atoms with Crippen molar-refractivity contribution in [3.05, 3.63) is 52.4 Å². The fourth-order valence-corrected chi connectivity index (χ4v) is 3.99. The van der Waals surface area contributed by atoms with Gasteiger partial charge in [-0.15, -0.1) is 11.3 Å². The predicted octanol–water partition coefficient (Wildman–Crippen LogP) is 4.89. The molecule has 0 spiro atoms. The summed E-state index contributed by atoms with van der Waals surface area (Å²) in [7, 11) is 0. The highest BCUT2D eigenvalue weighted by molar-refractivity contribution is 7.14. The Balaban J connectivity index is 1.31. The van der Waals surface area contributed by atoms with Crippen LogP contribution < -0.4 is 10.1 Å². The number of carbonyl (C=O) groups is 1. The lowest BCUT2D eigenvalue weighted by Gasteiger charge is -2.03. The molecule has 7 nitrogen and oxygen atoms in total. The van der Waals surface area contributed by atoms with E-state index >= 15 is 0 Å². The Bertz CT molecular complexity index is 1070. The average molecular weight is 427 g/mol. The first-order valence-corrected chi connectivity index (χ1v) is 10.9. The van der Waals surface area contributed by atoms with Crippen LogP contribution in [0.4, 0.5) is 5.13 Å². The summed E-state index contributed by atoms with van der Waals surface area (Å²) in [6.45, 7) is 2.58. The second-order valence-electron chi connectivity index (χ2n) is 6.07. The van der Waals surface area contributed by atoms with Crippen molar-refractivity contribution in [2.24, 2.45) is 0 Å². The molecule has 0 fully saturated rings. The molecule has 0 bridgehead atoms. The molecule has 29 heavy (non-hydrogen) atoms. The van der Waals surface area contributed by atoms with Gasteiger partial charge in [-0.25, -0.2) is 4.98 Å². The molecule has 148 valence electrons. The van der Waals surface area contributed by atoms with Crippen LogP contribution in [-0.2, 0) is 11.2 Å². The Morgan fingerprint density at radius 2 is 2.00 bits per heavy atom. The molecule has 0 radical (unpaired) electrons. The number of aryl methyl sites for hydroxylation is 1. The van der Waals surface area contributed by atoms with Crippen LogP contribution in [-0.4, -0.2) is 27.6 Å². The highest BCUT2D eigenvalue weighted by Crippen LogP contribution is 2.26. The van der Waals surface area contributed by atoms with E-state index in [4.69, 9.17) is 9.26 Å². The minimum Gasteiger partial charge on any atom is -0.494 e. The van der Waals surface area contributed by atoms with Gasteiger partial charge in [-0.3, -0.25) is 4.79 Å². The molecule has 1 aromatic carbocycles. The van der Waals surface area contributed by atoms with Gasteiger partial charge in [0, 0.05) is 34.7 Å². The number of hydrogen-bond acceptors (Lipinski definition) is 8. The number of ether oxygens (including phenoxy) is 1. The monoisotopic (exact) mass is 426 g/mol. The van der Waals surface area contributed by atoms with Gasteiger partial charge in [0.15, 0.2) is 5.13 Å². The maximum absolute atomic E-state index is 12.2. The summed E-state index contributed by atoms with van der Waals surface area (Å²) in [4.78, 5) is 21.0. The molecule has 0 saturated carbocycles. The van der Waals surface area contributed by atoms with Crippen molar-refractivity contribution in [3.63, 3.8) is 0 Å². The summed E-state index contributed by atoms with van der Waals surface area (Å²) in [5, 5.41) is 13.1. The van der Waals surface area contributed by atoms with E-state index < -0.39 is 0 Å². The van der Waals surface area contributed by atoms with Gasteiger partial charge >= 0.3 is 0 Å². The summed E-state index contributed by atoms with van der Waals surface area (Å²) in [6, 6.07) is 9.64. The third-order valence-electron chi connectivity index (χ3n) is 4.03. The number of anilines is 1. The molecule has 3 heterocycles. The van der Waals surface area contributed by atoms with Crippen LogP contribution in [0.3, 0.4) is 0 Å². The second kappa shape index (κ2) is 8.97. The number of thiazole rings is 1. The van der Waals surface area contributed by atoms with E-state index in [0.717, 1.165) is 22.6 Å². The quantitative estimate of drug-likeness (QED) is 0.431. The fourth-order valence-electron chi connectivity index (χ4n) is 2.62. The maximum atomic E-state index is 12.2. The molecule has 0 aliphatic carbocycles. The average Bonchev–Trinajstić information content (AvgIpc) is 3.48. The molecule has 3 aromatic heterocycles. The maximum Gasteiger partial charge on any atom is 0.227 e. The lowest BCUT2D eigenvalue weighted by molar-refractivity contribution is -0.116. The van der Waals surface area contributed by atoms with Crippen LogP contribution >= 0.6 is 22.7 Å². The minimum absolute atomic E-state index is 0.145. The molecule has 0 aliphatic heterocycles. The van der Waals surface area contributed by atoms with E-state index in [1.54, 1.807) is 11.3 Å². The van der Waals surface area contributed by atoms with Crippen LogP contribution in [0, 0.1) is 0 Å². The number of hydrogen-bond donors (Lipinski definition) is 1. The van der Waals surface area contributed by atoms with Gasteiger partial charge in [-0.2, -0.15) is 16.3 Å². The van der Waals surface area contributed by atoms with Gasteiger partial charge in [-0.1, -0.05) is 5.16 Å². The highest BCUT2D eigenvalue weighted by Gasteiger charge is 2.12. The number of rotatable bonds is 8. The van der Waals surface area contributed by atoms with E-state index in [9.17, 15) is 4.79 Å². The third-order valence-corrected chi connectivity index (χ3v) is 5.47. The first kappa shape index (κ1) is 19.3. The van der Waals surface area contributed by atoms with E-state index in [1.165, 1.54) is 11.3 Å². The molecule has 4 rings (SSSR count). The van der Waals surface area contributed by atoms with Gasteiger partial charge in [0.25, 0.3) is 0 Å². The first-order chi connectivity index (χ1) is 14.2. The molecule has 0 unspecified atom stereocenters. The van der Waals surface area contributed by atoms with Crippen molar-refractivity contribution in [2.75, 3.05) is 11.9 Å². The summed E-state index contributed by atoms with van der Waals surface area (Å²) in [5.74, 6) is 1.66. The molecule has 1 amide bonds. The number of nitrogens with zero attached hydrogens (tertiary/aromatic N) is 3. The van der Waals surface area contributed by atoms with Crippen molar-refractivity contribution < 1.29 is 14.1 Å². The molecule has 0 aliphatic rings. The van der Waals surface area contributed by atoms with E-state index in [2.05, 4.69) is 20.4 Å². The Morgan fingerprint density at radius 1 is 1.14 bits per heavy atom. The van der Waals surface area contributed by atoms with E-state index in [1.807, 2.05) is 53.4 Å². The molecular formula is C20H18N4O3S2. The Hall–Kier alpha value is -3.04. The fraction of sp³-hybridized carbons (Fsp3) is 0.200. The predicted molar refractivity (Wildman–Crippen MR) is 113 cm³/mol. The zero-order chi connectivity index (χ0) is 20.1. The van der Waals surface area contributed by atoms with E-state index in [-0.39, 0.29) is 12.3 Å². The summed E-state index contributed by atoms with van der Waals surface area (Å²) >= 11 is 2.96. The van der Waals surface area contributed by atoms with Crippen LogP contribution in [0.25, 0.3) is 22.6 Å². The summed E-state index contributed by atoms with van der Waals surface area (Å²) in [5.41, 5.74) is 2.70. The largest absolute Gasteiger partial charge is 0.494 e. The van der Waals surface area contributed by atoms with Crippen LogP contribution in [0.2, 0.25) is 0 Å². The van der Waals surface area contributed by atoms with Crippen LogP contribution in [0.5, 0.6) is 5.75 Å². The van der Waals surface area contributed by atoms with Gasteiger partial charge in [0.2, 0.25) is 17.6 Å². The Labute approximate surface area is 175 Å². The van der Waals surface area contributed by atoms with Crippen molar-refractivity contribution in [3.8, 4) is 28.4 Å². The lowest BCUT2D eigenvalue weighted by Crippen LogP contribution is -2.12. The normalized spacial score (nSPS) is 10.8. The number of aromatic nitrogens is 3. The second-order valence-corrected chi connectivity index (χ2v) is 7.71. The topological polar surface area (TPSA) is 90.1 Å². The number of amides is 1. The van der Waals surface area contributed by atoms with Gasteiger partial charge in [-0.05, 0) is 42.6 Å². The summed E-state index contributed by atoms with van der Waals surface area (Å²) < 4.78 is 10.7. The zero-order valence-electron chi connectivity index (χ0n) is 15.6. The number of thiophene rings is 1. The molecule has 9 heteroatoms. The zero-order valence-corrected chi connectivity index (χ0v) is 17.3. The smallest absolute Gasteiger partial charge is 0.227 e. The first-order valence-electron chi connectivity index (χ1n) is 9.05. The molecule has 0 atom stereocenters. The SMILES string of the molecule is CCOc1ccc(-c2csc(NC(=O)CCc3nc(-c4ccsc4)no3)n2)cc1. The van der Waals surface area contributed by atoms with Crippen LogP contribution in [0.15, 0.2) is 51.0 Å². The van der Waals surface area contributed by atoms with Crippen molar-refractivity contribution in [1.29, 1.82) is 0 Å². The Morgan fingerprint density at radius 3 is 2.76 bits per heavy atom. The van der Waals surface area contributed by atoms with Crippen molar-refractivity contribution in [2.45, 2.75) is 19.8 Å². The lowest BCUT2D eigenvalue weighted by atomic mass is 10.2. The Kier molecular flexibility index (Phi) is 5.97. The standard InChI is InChI=1S/C20H18N4O3S2/c1-2-26-15-5-3-13(4-6-15)16-12-29-20(21-16)22-17(25)7-8-18-23-19(24-27-18)14-9-10-28-11-14/h3-6,9-12H,2,7-8H2,1H3,(H,21,22,25). The molecule has 4 aromatic rings. The number of nitrogens with one attached hydrogen (secondary N) is 1. The van der Waals surface area contributed by atoms with Crippen molar-refractivity contribution >= 4 is 33.7 Å².